The van der Waals surface area contributed by atoms with E-state index in [9.17, 15) is 4.79 Å². The SMILES string of the molecule is CC(C)(CC(O)CN)C(=O)O. The molecule has 0 radical (unpaired) electrons. The molecule has 0 aliphatic carbocycles. The van der Waals surface area contributed by atoms with Gasteiger partial charge in [0.2, 0.25) is 0 Å². The van der Waals surface area contributed by atoms with Crippen LogP contribution in [0.5, 0.6) is 0 Å². The van der Waals surface area contributed by atoms with Gasteiger partial charge in [0.05, 0.1) is 11.5 Å². The van der Waals surface area contributed by atoms with Crippen LogP contribution in [-0.2, 0) is 4.79 Å². The second kappa shape index (κ2) is 3.69. The third-order valence-electron chi connectivity index (χ3n) is 1.60. The van der Waals surface area contributed by atoms with Crippen LogP contribution < -0.4 is 5.73 Å². The molecule has 66 valence electrons. The van der Waals surface area contributed by atoms with Crippen molar-refractivity contribution in [3.8, 4) is 0 Å². The molecule has 1 atom stereocenters. The molecule has 0 spiro atoms. The normalized spacial score (nSPS) is 14.5. The van der Waals surface area contributed by atoms with Gasteiger partial charge in [-0.2, -0.15) is 0 Å². The Labute approximate surface area is 66.0 Å². The summed E-state index contributed by atoms with van der Waals surface area (Å²) in [6, 6.07) is 0. The van der Waals surface area contributed by atoms with Gasteiger partial charge in [0.1, 0.15) is 0 Å². The lowest BCUT2D eigenvalue weighted by Crippen LogP contribution is -2.32. The highest BCUT2D eigenvalue weighted by atomic mass is 16.4. The zero-order valence-electron chi connectivity index (χ0n) is 6.87. The van der Waals surface area contributed by atoms with Gasteiger partial charge >= 0.3 is 5.97 Å². The van der Waals surface area contributed by atoms with Crippen molar-refractivity contribution in [2.45, 2.75) is 26.4 Å². The number of hydrogen-bond acceptors (Lipinski definition) is 3. The fraction of sp³-hybridized carbons (Fsp3) is 0.857. The van der Waals surface area contributed by atoms with E-state index < -0.39 is 17.5 Å². The standard InChI is InChI=1S/C7H15NO3/c1-7(2,6(10)11)3-5(9)4-8/h5,9H,3-4,8H2,1-2H3,(H,10,11). The lowest BCUT2D eigenvalue weighted by Gasteiger charge is -2.21. The van der Waals surface area contributed by atoms with Gasteiger partial charge < -0.3 is 15.9 Å². The van der Waals surface area contributed by atoms with Gasteiger partial charge in [-0.25, -0.2) is 0 Å². The summed E-state index contributed by atoms with van der Waals surface area (Å²) in [5.41, 5.74) is 4.25. The van der Waals surface area contributed by atoms with Crippen molar-refractivity contribution in [1.29, 1.82) is 0 Å². The first kappa shape index (κ1) is 10.4. The maximum atomic E-state index is 10.5. The highest BCUT2D eigenvalue weighted by Gasteiger charge is 2.29. The van der Waals surface area contributed by atoms with Gasteiger partial charge in [-0.05, 0) is 20.3 Å². The second-order valence-electron chi connectivity index (χ2n) is 3.28. The first-order valence-electron chi connectivity index (χ1n) is 3.51. The molecule has 0 saturated carbocycles. The number of carboxylic acid groups (broad SMARTS) is 1. The molecule has 0 bridgehead atoms. The first-order chi connectivity index (χ1) is 4.90. The molecule has 0 fully saturated rings. The van der Waals surface area contributed by atoms with Crippen LogP contribution in [-0.4, -0.2) is 28.8 Å². The Hall–Kier alpha value is -0.610. The van der Waals surface area contributed by atoms with Gasteiger partial charge in [-0.15, -0.1) is 0 Å². The number of aliphatic hydroxyl groups excluding tert-OH is 1. The lowest BCUT2D eigenvalue weighted by molar-refractivity contribution is -0.148. The minimum Gasteiger partial charge on any atom is -0.481 e. The summed E-state index contributed by atoms with van der Waals surface area (Å²) in [5.74, 6) is -0.912. The number of carboxylic acids is 1. The van der Waals surface area contributed by atoms with Crippen molar-refractivity contribution in [2.75, 3.05) is 6.54 Å². The molecular formula is C7H15NO3. The summed E-state index contributed by atoms with van der Waals surface area (Å²) >= 11 is 0. The van der Waals surface area contributed by atoms with Gasteiger partial charge in [0.15, 0.2) is 0 Å². The van der Waals surface area contributed by atoms with Crippen LogP contribution in [0.4, 0.5) is 0 Å². The number of carbonyl (C=O) groups is 1. The number of aliphatic hydroxyl groups is 1. The van der Waals surface area contributed by atoms with Crippen LogP contribution in [0, 0.1) is 5.41 Å². The molecule has 0 aromatic heterocycles. The van der Waals surface area contributed by atoms with E-state index in [1.165, 1.54) is 0 Å². The van der Waals surface area contributed by atoms with E-state index in [-0.39, 0.29) is 13.0 Å². The molecule has 0 heterocycles. The minimum absolute atomic E-state index is 0.108. The molecule has 0 amide bonds. The van der Waals surface area contributed by atoms with E-state index in [0.29, 0.717) is 0 Å². The van der Waals surface area contributed by atoms with Crippen LogP contribution in [0.25, 0.3) is 0 Å². The van der Waals surface area contributed by atoms with Crippen LogP contribution in [0.1, 0.15) is 20.3 Å². The predicted octanol–water partition coefficient (Wildman–Crippen LogP) is -0.193. The molecule has 11 heavy (non-hydrogen) atoms. The molecule has 0 rings (SSSR count). The third kappa shape index (κ3) is 3.34. The monoisotopic (exact) mass is 161 g/mol. The quantitative estimate of drug-likeness (QED) is 0.533. The number of rotatable bonds is 4. The maximum Gasteiger partial charge on any atom is 0.309 e. The number of nitrogens with two attached hydrogens (primary N) is 1. The van der Waals surface area contributed by atoms with Gasteiger partial charge in [0, 0.05) is 6.54 Å². The van der Waals surface area contributed by atoms with Crippen LogP contribution in [0.3, 0.4) is 0 Å². The molecule has 4 heteroatoms. The van der Waals surface area contributed by atoms with E-state index in [1.807, 2.05) is 0 Å². The van der Waals surface area contributed by atoms with Gasteiger partial charge in [-0.3, -0.25) is 4.79 Å². The Balaban J connectivity index is 4.01. The van der Waals surface area contributed by atoms with E-state index in [4.69, 9.17) is 15.9 Å². The molecule has 4 nitrogen and oxygen atoms in total. The molecule has 0 aromatic carbocycles. The van der Waals surface area contributed by atoms with Gasteiger partial charge in [0.25, 0.3) is 0 Å². The lowest BCUT2D eigenvalue weighted by atomic mass is 9.87. The Bertz CT molecular complexity index is 145. The molecule has 0 saturated heterocycles. The van der Waals surface area contributed by atoms with Crippen molar-refractivity contribution < 1.29 is 15.0 Å². The molecule has 4 N–H and O–H groups in total. The summed E-state index contributed by atoms with van der Waals surface area (Å²) in [7, 11) is 0. The second-order valence-corrected chi connectivity index (χ2v) is 3.28. The van der Waals surface area contributed by atoms with E-state index in [1.54, 1.807) is 13.8 Å². The smallest absolute Gasteiger partial charge is 0.309 e. The van der Waals surface area contributed by atoms with Crippen molar-refractivity contribution in [3.63, 3.8) is 0 Å². The van der Waals surface area contributed by atoms with Crippen molar-refractivity contribution in [2.24, 2.45) is 11.1 Å². The Morgan fingerprint density at radius 2 is 2.09 bits per heavy atom. The van der Waals surface area contributed by atoms with Crippen LogP contribution in [0.2, 0.25) is 0 Å². The summed E-state index contributed by atoms with van der Waals surface area (Å²) < 4.78 is 0. The molecule has 1 unspecified atom stereocenters. The summed E-state index contributed by atoms with van der Waals surface area (Å²) in [6.45, 7) is 3.24. The van der Waals surface area contributed by atoms with Crippen LogP contribution >= 0.6 is 0 Å². The Kier molecular flexibility index (Phi) is 3.48. The zero-order valence-corrected chi connectivity index (χ0v) is 6.87. The third-order valence-corrected chi connectivity index (χ3v) is 1.60. The molecule has 0 aliphatic rings. The van der Waals surface area contributed by atoms with Crippen LogP contribution in [0.15, 0.2) is 0 Å². The topological polar surface area (TPSA) is 83.5 Å². The largest absolute Gasteiger partial charge is 0.481 e. The highest BCUT2D eigenvalue weighted by molar-refractivity contribution is 5.73. The molecule has 0 aliphatic heterocycles. The summed E-state index contributed by atoms with van der Waals surface area (Å²) in [6.07, 6.45) is -0.528. The average Bonchev–Trinajstić information content (AvgIpc) is 1.86. The van der Waals surface area contributed by atoms with Crippen molar-refractivity contribution in [3.05, 3.63) is 0 Å². The molecular weight excluding hydrogens is 146 g/mol. The Morgan fingerprint density at radius 3 is 2.36 bits per heavy atom. The van der Waals surface area contributed by atoms with Gasteiger partial charge in [-0.1, -0.05) is 0 Å². The first-order valence-corrected chi connectivity index (χ1v) is 3.51. The highest BCUT2D eigenvalue weighted by Crippen LogP contribution is 2.21. The number of aliphatic carboxylic acids is 1. The zero-order chi connectivity index (χ0) is 9.07. The van der Waals surface area contributed by atoms with E-state index in [2.05, 4.69) is 0 Å². The average molecular weight is 161 g/mol. The number of hydrogen-bond donors (Lipinski definition) is 3. The fourth-order valence-corrected chi connectivity index (χ4v) is 0.760. The summed E-state index contributed by atoms with van der Waals surface area (Å²) in [4.78, 5) is 10.5. The van der Waals surface area contributed by atoms with Crippen molar-refractivity contribution in [1.82, 2.24) is 0 Å². The fourth-order valence-electron chi connectivity index (χ4n) is 0.760. The predicted molar refractivity (Wildman–Crippen MR) is 41.1 cm³/mol. The summed E-state index contributed by atoms with van der Waals surface area (Å²) in [5, 5.41) is 17.7. The minimum atomic E-state index is -0.912. The maximum absolute atomic E-state index is 10.5. The Morgan fingerprint density at radius 1 is 1.64 bits per heavy atom. The molecule has 0 aromatic rings. The van der Waals surface area contributed by atoms with E-state index in [0.717, 1.165) is 0 Å². The van der Waals surface area contributed by atoms with E-state index >= 15 is 0 Å². The van der Waals surface area contributed by atoms with Crippen molar-refractivity contribution >= 4 is 5.97 Å².